The zero-order chi connectivity index (χ0) is 20.1. The molecule has 0 aliphatic rings. The number of nitriles is 1. The molecule has 1 heterocycles. The van der Waals surface area contributed by atoms with E-state index in [1.165, 1.54) is 30.3 Å². The van der Waals surface area contributed by atoms with Crippen LogP contribution in [0.3, 0.4) is 0 Å². The number of rotatable bonds is 6. The second-order valence-corrected chi connectivity index (χ2v) is 5.70. The van der Waals surface area contributed by atoms with Gasteiger partial charge in [-0.1, -0.05) is 12.1 Å². The summed E-state index contributed by atoms with van der Waals surface area (Å²) in [5.74, 6) is -1.25. The van der Waals surface area contributed by atoms with Crippen molar-refractivity contribution < 1.29 is 23.1 Å². The molecular formula is C19H14F2N4O3. The van der Waals surface area contributed by atoms with Crippen molar-refractivity contribution in [2.45, 2.75) is 19.6 Å². The molecule has 0 saturated heterocycles. The largest absolute Gasteiger partial charge is 0.454 e. The smallest absolute Gasteiger partial charge is 0.338 e. The number of imidazole rings is 1. The summed E-state index contributed by atoms with van der Waals surface area (Å²) in [4.78, 5) is 27.6. The summed E-state index contributed by atoms with van der Waals surface area (Å²) in [6, 6.07) is 13.9. The van der Waals surface area contributed by atoms with Gasteiger partial charge in [0.15, 0.2) is 5.82 Å². The van der Waals surface area contributed by atoms with Crippen molar-refractivity contribution in [2.75, 3.05) is 5.32 Å². The van der Waals surface area contributed by atoms with Crippen molar-refractivity contribution >= 4 is 28.6 Å². The van der Waals surface area contributed by atoms with Crippen LogP contribution in [0, 0.1) is 11.3 Å². The van der Waals surface area contributed by atoms with E-state index in [-0.39, 0.29) is 23.3 Å². The lowest BCUT2D eigenvalue weighted by atomic mass is 10.2. The Morgan fingerprint density at radius 1 is 1.18 bits per heavy atom. The third kappa shape index (κ3) is 4.12. The van der Waals surface area contributed by atoms with Crippen LogP contribution >= 0.6 is 0 Å². The minimum atomic E-state index is -2.82. The number of hydrogen-bond donors (Lipinski definition) is 1. The predicted molar refractivity (Wildman–Crippen MR) is 95.4 cm³/mol. The Balaban J connectivity index is 1.69. The van der Waals surface area contributed by atoms with Crippen molar-refractivity contribution in [3.05, 3.63) is 59.9 Å². The number of aromatic nitrogens is 2. The fourth-order valence-electron chi connectivity index (χ4n) is 2.59. The lowest BCUT2D eigenvalue weighted by molar-refractivity contribution is -0.115. The molecule has 1 N–H and O–H groups in total. The van der Waals surface area contributed by atoms with Gasteiger partial charge in [-0.25, -0.2) is 9.78 Å². The topological polar surface area (TPSA) is 97.0 Å². The van der Waals surface area contributed by atoms with E-state index in [9.17, 15) is 18.4 Å². The first-order valence-corrected chi connectivity index (χ1v) is 8.17. The first kappa shape index (κ1) is 19.0. The van der Waals surface area contributed by atoms with Crippen LogP contribution in [0.15, 0.2) is 48.5 Å². The number of alkyl halides is 2. The van der Waals surface area contributed by atoms with E-state index < -0.39 is 25.0 Å². The van der Waals surface area contributed by atoms with Crippen LogP contribution in [-0.2, 0) is 16.1 Å². The van der Waals surface area contributed by atoms with Crippen LogP contribution in [0.4, 0.5) is 14.5 Å². The second kappa shape index (κ2) is 8.26. The highest BCUT2D eigenvalue weighted by Crippen LogP contribution is 2.23. The van der Waals surface area contributed by atoms with Gasteiger partial charge in [0.05, 0.1) is 22.7 Å². The number of nitrogens with zero attached hydrogens (tertiary/aromatic N) is 3. The summed E-state index contributed by atoms with van der Waals surface area (Å²) >= 11 is 0. The van der Waals surface area contributed by atoms with Gasteiger partial charge in [0.2, 0.25) is 5.91 Å². The molecule has 0 aliphatic carbocycles. The van der Waals surface area contributed by atoms with Crippen LogP contribution in [-0.4, -0.2) is 21.4 Å². The zero-order valence-corrected chi connectivity index (χ0v) is 14.4. The molecule has 0 spiro atoms. The van der Waals surface area contributed by atoms with Crippen molar-refractivity contribution in [3.8, 4) is 6.07 Å². The number of para-hydroxylation sites is 2. The normalized spacial score (nSPS) is 10.6. The van der Waals surface area contributed by atoms with E-state index in [2.05, 4.69) is 10.3 Å². The third-order valence-electron chi connectivity index (χ3n) is 3.84. The molecule has 0 fully saturated rings. The molecule has 0 aliphatic heterocycles. The fraction of sp³-hybridized carbons (Fsp3) is 0.158. The van der Waals surface area contributed by atoms with Gasteiger partial charge >= 0.3 is 12.5 Å². The molecule has 2 aromatic carbocycles. The Hall–Kier alpha value is -3.80. The summed E-state index contributed by atoms with van der Waals surface area (Å²) in [7, 11) is 0. The van der Waals surface area contributed by atoms with Gasteiger partial charge in [0, 0.05) is 5.69 Å². The summed E-state index contributed by atoms with van der Waals surface area (Å²) in [6.07, 6.45) is -0.283. The Morgan fingerprint density at radius 2 is 1.89 bits per heavy atom. The average molecular weight is 384 g/mol. The van der Waals surface area contributed by atoms with Gasteiger partial charge in [0.25, 0.3) is 0 Å². The Bertz CT molecular complexity index is 1060. The number of carbonyl (C=O) groups is 2. The quantitative estimate of drug-likeness (QED) is 0.655. The van der Waals surface area contributed by atoms with E-state index >= 15 is 0 Å². The SMILES string of the molecule is N#CCC(=O)Nc1ccc(C(=O)OCc2nc3ccccc3n2C(F)F)cc1. The Labute approximate surface area is 158 Å². The van der Waals surface area contributed by atoms with Crippen LogP contribution in [0.5, 0.6) is 0 Å². The molecule has 1 aromatic heterocycles. The number of carbonyl (C=O) groups excluding carboxylic acids is 2. The van der Waals surface area contributed by atoms with Gasteiger partial charge in [0.1, 0.15) is 13.0 Å². The second-order valence-electron chi connectivity index (χ2n) is 5.70. The number of amides is 1. The first-order valence-electron chi connectivity index (χ1n) is 8.17. The van der Waals surface area contributed by atoms with Gasteiger partial charge < -0.3 is 10.1 Å². The number of anilines is 1. The van der Waals surface area contributed by atoms with Gasteiger partial charge in [-0.3, -0.25) is 9.36 Å². The highest BCUT2D eigenvalue weighted by molar-refractivity contribution is 5.93. The van der Waals surface area contributed by atoms with Crippen molar-refractivity contribution in [1.29, 1.82) is 5.26 Å². The van der Waals surface area contributed by atoms with E-state index in [0.717, 1.165) is 4.57 Å². The molecule has 0 unspecified atom stereocenters. The molecule has 28 heavy (non-hydrogen) atoms. The molecule has 3 rings (SSSR count). The standard InChI is InChI=1S/C19H14F2N4O3/c20-19(21)25-15-4-2-1-3-14(15)24-16(25)11-28-18(27)12-5-7-13(8-6-12)23-17(26)9-10-22/h1-8,19H,9,11H2,(H,23,26). The number of halogens is 2. The monoisotopic (exact) mass is 384 g/mol. The van der Waals surface area contributed by atoms with E-state index in [1.54, 1.807) is 24.3 Å². The van der Waals surface area contributed by atoms with Gasteiger partial charge in [-0.05, 0) is 36.4 Å². The molecule has 0 atom stereocenters. The maximum absolute atomic E-state index is 13.4. The zero-order valence-electron chi connectivity index (χ0n) is 14.4. The van der Waals surface area contributed by atoms with Crippen molar-refractivity contribution in [1.82, 2.24) is 9.55 Å². The third-order valence-corrected chi connectivity index (χ3v) is 3.84. The Kier molecular flexibility index (Phi) is 5.60. The van der Waals surface area contributed by atoms with E-state index in [4.69, 9.17) is 10.00 Å². The molecular weight excluding hydrogens is 370 g/mol. The van der Waals surface area contributed by atoms with Crippen LogP contribution in [0.2, 0.25) is 0 Å². The Morgan fingerprint density at radius 3 is 2.57 bits per heavy atom. The number of fused-ring (bicyclic) bond motifs is 1. The number of ether oxygens (including phenoxy) is 1. The number of benzene rings is 2. The number of esters is 1. The summed E-state index contributed by atoms with van der Waals surface area (Å²) in [5, 5.41) is 11.0. The molecule has 1 amide bonds. The first-order chi connectivity index (χ1) is 13.5. The van der Waals surface area contributed by atoms with Gasteiger partial charge in [-0.2, -0.15) is 14.0 Å². The number of hydrogen-bond acceptors (Lipinski definition) is 5. The maximum atomic E-state index is 13.4. The summed E-state index contributed by atoms with van der Waals surface area (Å²) in [6.45, 7) is -3.24. The van der Waals surface area contributed by atoms with Crippen LogP contribution in [0.1, 0.15) is 29.2 Å². The van der Waals surface area contributed by atoms with E-state index in [0.29, 0.717) is 11.2 Å². The summed E-state index contributed by atoms with van der Waals surface area (Å²) < 4.78 is 32.6. The lowest BCUT2D eigenvalue weighted by Crippen LogP contribution is -2.12. The summed E-state index contributed by atoms with van der Waals surface area (Å²) in [5.41, 5.74) is 1.22. The predicted octanol–water partition coefficient (Wildman–Crippen LogP) is 3.64. The van der Waals surface area contributed by atoms with Crippen molar-refractivity contribution in [3.63, 3.8) is 0 Å². The van der Waals surface area contributed by atoms with Crippen molar-refractivity contribution in [2.24, 2.45) is 0 Å². The molecule has 7 nitrogen and oxygen atoms in total. The molecule has 142 valence electrons. The minimum Gasteiger partial charge on any atom is -0.454 e. The molecule has 0 saturated carbocycles. The average Bonchev–Trinajstić information content (AvgIpc) is 3.05. The maximum Gasteiger partial charge on any atom is 0.338 e. The molecule has 0 bridgehead atoms. The molecule has 0 radical (unpaired) electrons. The van der Waals surface area contributed by atoms with E-state index in [1.807, 2.05) is 0 Å². The minimum absolute atomic E-state index is 0.0649. The van der Waals surface area contributed by atoms with Crippen LogP contribution < -0.4 is 5.32 Å². The van der Waals surface area contributed by atoms with Gasteiger partial charge in [-0.15, -0.1) is 0 Å². The lowest BCUT2D eigenvalue weighted by Gasteiger charge is -2.09. The molecule has 3 aromatic rings. The van der Waals surface area contributed by atoms with Crippen LogP contribution in [0.25, 0.3) is 11.0 Å². The fourth-order valence-corrected chi connectivity index (χ4v) is 2.59. The molecule has 9 heteroatoms. The highest BCUT2D eigenvalue weighted by Gasteiger charge is 2.19. The number of nitrogens with one attached hydrogen (secondary N) is 1. The highest BCUT2D eigenvalue weighted by atomic mass is 19.3.